The summed E-state index contributed by atoms with van der Waals surface area (Å²) in [5.41, 5.74) is 3.40. The zero-order chi connectivity index (χ0) is 29.6. The SMILES string of the molecule is CCCCN(CCCC[I-](C)(C)C)C(=O)CN1C[C@H](c2ccc3c(c2)CCO3)[C@@H](C(=O)O)[C@@H]1CCc1cccn1C. The molecular weight excluding hydrogens is 629 g/mol. The van der Waals surface area contributed by atoms with Gasteiger partial charge in [0.25, 0.3) is 0 Å². The van der Waals surface area contributed by atoms with E-state index in [0.29, 0.717) is 19.6 Å². The van der Waals surface area contributed by atoms with E-state index in [-0.39, 0.29) is 24.4 Å². The van der Waals surface area contributed by atoms with Gasteiger partial charge < -0.3 is 9.30 Å². The Kier molecular flexibility index (Phi) is 11.2. The van der Waals surface area contributed by atoms with Crippen molar-refractivity contribution in [3.8, 4) is 5.75 Å². The Morgan fingerprint density at radius 1 is 1.12 bits per heavy atom. The van der Waals surface area contributed by atoms with Crippen molar-refractivity contribution < 1.29 is 37.9 Å². The molecule has 2 aliphatic heterocycles. The number of halogens is 1. The summed E-state index contributed by atoms with van der Waals surface area (Å²) >= 11 is -1.51. The summed E-state index contributed by atoms with van der Waals surface area (Å²) in [6.45, 7) is 5.29. The number of amides is 1. The van der Waals surface area contributed by atoms with Crippen LogP contribution in [-0.4, -0.2) is 89.4 Å². The molecule has 7 nitrogen and oxygen atoms in total. The van der Waals surface area contributed by atoms with E-state index >= 15 is 0 Å². The van der Waals surface area contributed by atoms with Crippen molar-refractivity contribution in [2.45, 2.75) is 63.8 Å². The standard InChI is InChI=1S/C33H51IN3O4/c1-6-7-19-36(20-9-8-17-34(2,3)4)31(38)24-37-23-28(25-12-15-30-26(22-25)16-21-41-30)32(33(39)40)29(37)14-13-27-11-10-18-35(27)5/h10-12,15,18,22,28-29,32H,6-9,13-14,16-17,19-21,23-24H2,1-5H3,(H,39,40)/q-1/t28-,29+,32-/m1/s1. The van der Waals surface area contributed by atoms with E-state index in [0.717, 1.165) is 62.1 Å². The van der Waals surface area contributed by atoms with Crippen LogP contribution in [0.3, 0.4) is 0 Å². The van der Waals surface area contributed by atoms with Crippen molar-refractivity contribution in [2.75, 3.05) is 52.0 Å². The van der Waals surface area contributed by atoms with Crippen LogP contribution >= 0.6 is 0 Å². The fourth-order valence-corrected chi connectivity index (χ4v) is 9.29. The molecule has 2 aromatic rings. The van der Waals surface area contributed by atoms with E-state index < -0.39 is 30.3 Å². The molecule has 3 atom stereocenters. The van der Waals surface area contributed by atoms with Crippen LogP contribution in [0.15, 0.2) is 36.5 Å². The summed E-state index contributed by atoms with van der Waals surface area (Å²) < 4.78 is 9.14. The van der Waals surface area contributed by atoms with Crippen molar-refractivity contribution >= 4 is 11.9 Å². The molecular formula is C33H51IN3O4-. The number of aliphatic carboxylic acids is 1. The quantitative estimate of drug-likeness (QED) is 0.176. The van der Waals surface area contributed by atoms with Crippen molar-refractivity contribution in [1.29, 1.82) is 0 Å². The zero-order valence-corrected chi connectivity index (χ0v) is 27.9. The topological polar surface area (TPSA) is 75.0 Å². The number of rotatable bonds is 15. The van der Waals surface area contributed by atoms with Gasteiger partial charge in [-0.3, -0.25) is 0 Å². The van der Waals surface area contributed by atoms with E-state index in [9.17, 15) is 14.7 Å². The Hall–Kier alpha value is -2.07. The molecule has 230 valence electrons. The number of hydrogen-bond donors (Lipinski definition) is 1. The number of carboxylic acids is 1. The monoisotopic (exact) mass is 680 g/mol. The molecule has 1 fully saturated rings. The van der Waals surface area contributed by atoms with E-state index in [4.69, 9.17) is 4.74 Å². The van der Waals surface area contributed by atoms with E-state index in [2.05, 4.69) is 48.2 Å². The average Bonchev–Trinajstić information content (AvgIpc) is 3.64. The van der Waals surface area contributed by atoms with Crippen molar-refractivity contribution in [2.24, 2.45) is 13.0 Å². The predicted molar refractivity (Wildman–Crippen MR) is 162 cm³/mol. The Bertz CT molecular complexity index is 1170. The van der Waals surface area contributed by atoms with Gasteiger partial charge in [0.05, 0.1) is 6.61 Å². The number of unbranched alkanes of at least 4 members (excludes halogenated alkanes) is 2. The number of carbonyl (C=O) groups is 2. The van der Waals surface area contributed by atoms with Crippen LogP contribution < -0.4 is 23.2 Å². The Balaban J connectivity index is 1.54. The summed E-state index contributed by atoms with van der Waals surface area (Å²) in [5.74, 6) is -0.440. The number of aromatic nitrogens is 1. The number of carbonyl (C=O) groups excluding carboxylic acids is 1. The van der Waals surface area contributed by atoms with Crippen LogP contribution in [0.2, 0.25) is 0 Å². The van der Waals surface area contributed by atoms with Crippen LogP contribution in [0.4, 0.5) is 0 Å². The number of alkyl halides is 4. The minimum atomic E-state index is -1.51. The van der Waals surface area contributed by atoms with Gasteiger partial charge in [0.1, 0.15) is 5.75 Å². The fourth-order valence-electron chi connectivity index (χ4n) is 6.46. The third-order valence-electron chi connectivity index (χ3n) is 8.77. The molecule has 0 spiro atoms. The van der Waals surface area contributed by atoms with Crippen molar-refractivity contribution in [3.63, 3.8) is 0 Å². The van der Waals surface area contributed by atoms with Gasteiger partial charge in [0, 0.05) is 19.7 Å². The number of ether oxygens (including phenoxy) is 1. The number of nitrogens with zero attached hydrogens (tertiary/aromatic N) is 3. The molecule has 0 unspecified atom stereocenters. The summed E-state index contributed by atoms with van der Waals surface area (Å²) in [5, 5.41) is 10.6. The fraction of sp³-hybridized carbons (Fsp3) is 0.636. The number of hydrogen-bond acceptors (Lipinski definition) is 4. The van der Waals surface area contributed by atoms with Gasteiger partial charge in [-0.1, -0.05) is 0 Å². The molecule has 4 rings (SSSR count). The molecule has 1 aromatic carbocycles. The molecule has 41 heavy (non-hydrogen) atoms. The minimum absolute atomic E-state index is 0.145. The molecule has 1 saturated heterocycles. The van der Waals surface area contributed by atoms with Gasteiger partial charge in [0.2, 0.25) is 0 Å². The van der Waals surface area contributed by atoms with Gasteiger partial charge in [0.15, 0.2) is 0 Å². The van der Waals surface area contributed by atoms with Crippen LogP contribution in [-0.2, 0) is 29.5 Å². The van der Waals surface area contributed by atoms with Gasteiger partial charge in [-0.05, 0) is 23.8 Å². The molecule has 8 heteroatoms. The van der Waals surface area contributed by atoms with Crippen molar-refractivity contribution in [1.82, 2.24) is 14.4 Å². The second kappa shape index (κ2) is 14.4. The number of fused-ring (bicyclic) bond motifs is 1. The summed E-state index contributed by atoms with van der Waals surface area (Å²) in [6, 6.07) is 10.1. The smallest absolute Gasteiger partial charge is 0.354 e. The number of benzene rings is 1. The number of aryl methyl sites for hydroxylation is 2. The molecule has 0 aliphatic carbocycles. The Morgan fingerprint density at radius 2 is 1.90 bits per heavy atom. The molecule has 1 aromatic heterocycles. The summed E-state index contributed by atoms with van der Waals surface area (Å²) in [7, 11) is 2.03. The second-order valence-electron chi connectivity index (χ2n) is 12.6. The molecule has 0 saturated carbocycles. The zero-order valence-electron chi connectivity index (χ0n) is 25.8. The molecule has 2 aliphatic rings. The van der Waals surface area contributed by atoms with Gasteiger partial charge in [-0.15, -0.1) is 0 Å². The first-order chi connectivity index (χ1) is 19.6. The number of likely N-dealkylation sites (tertiary alicyclic amines) is 1. The minimum Gasteiger partial charge on any atom is -0.354 e. The second-order valence-corrected chi connectivity index (χ2v) is 24.8. The van der Waals surface area contributed by atoms with Crippen LogP contribution in [0, 0.1) is 5.92 Å². The van der Waals surface area contributed by atoms with E-state index in [1.807, 2.05) is 31.4 Å². The maximum absolute atomic E-state index is 13.8. The molecule has 3 heterocycles. The Morgan fingerprint density at radius 3 is 2.59 bits per heavy atom. The van der Waals surface area contributed by atoms with E-state index in [1.54, 1.807) is 0 Å². The molecule has 0 radical (unpaired) electrons. The molecule has 0 bridgehead atoms. The first-order valence-electron chi connectivity index (χ1n) is 15.2. The average molecular weight is 681 g/mol. The predicted octanol–water partition coefficient (Wildman–Crippen LogP) is 1.52. The van der Waals surface area contributed by atoms with Gasteiger partial charge in [-0.25, -0.2) is 0 Å². The Labute approximate surface area is 251 Å². The summed E-state index contributed by atoms with van der Waals surface area (Å²) in [6.07, 6.45) is 8.66. The number of carboxylic acid groups (broad SMARTS) is 1. The third-order valence-corrected chi connectivity index (χ3v) is 12.8. The van der Waals surface area contributed by atoms with Crippen LogP contribution in [0.25, 0.3) is 0 Å². The first-order valence-corrected chi connectivity index (χ1v) is 23.2. The first kappa shape index (κ1) is 31.9. The van der Waals surface area contributed by atoms with Crippen molar-refractivity contribution in [3.05, 3.63) is 53.3 Å². The maximum atomic E-state index is 13.8. The van der Waals surface area contributed by atoms with Crippen LogP contribution in [0.1, 0.15) is 61.8 Å². The summed E-state index contributed by atoms with van der Waals surface area (Å²) in [4.78, 5) is 38.3. The van der Waals surface area contributed by atoms with E-state index in [1.165, 1.54) is 16.5 Å². The molecule has 1 N–H and O–H groups in total. The molecule has 1 amide bonds. The normalized spacial score (nSPS) is 21.0. The van der Waals surface area contributed by atoms with Gasteiger partial charge >= 0.3 is 187 Å². The third kappa shape index (κ3) is 8.49. The van der Waals surface area contributed by atoms with Crippen LogP contribution in [0.5, 0.6) is 5.75 Å². The van der Waals surface area contributed by atoms with Gasteiger partial charge in [-0.2, -0.15) is 0 Å².